The highest BCUT2D eigenvalue weighted by Gasteiger charge is 2.22. The number of aromatic amines is 1. The number of methoxy groups -OCH3 is 1. The second-order valence-corrected chi connectivity index (χ2v) is 6.74. The number of amides is 1. The molecule has 0 fully saturated rings. The van der Waals surface area contributed by atoms with Gasteiger partial charge in [0.15, 0.2) is 10.4 Å². The molecule has 28 heavy (non-hydrogen) atoms. The summed E-state index contributed by atoms with van der Waals surface area (Å²) < 4.78 is 12.2. The van der Waals surface area contributed by atoms with Crippen LogP contribution in [0.1, 0.15) is 25.5 Å². The number of aromatic nitrogens is 2. The molecule has 2 heterocycles. The molecular formula is C18H23BrN4O5. The number of carbonyl (C=O) groups excluding carboxylic acids is 1. The quantitative estimate of drug-likeness (QED) is 0.558. The molecule has 152 valence electrons. The molecule has 10 heteroatoms. The van der Waals surface area contributed by atoms with Crippen molar-refractivity contribution in [3.05, 3.63) is 49.5 Å². The van der Waals surface area contributed by atoms with Gasteiger partial charge in [-0.05, 0) is 40.6 Å². The predicted molar refractivity (Wildman–Crippen MR) is 110 cm³/mol. The summed E-state index contributed by atoms with van der Waals surface area (Å²) in [7, 11) is 1.48. The van der Waals surface area contributed by atoms with E-state index in [1.807, 2.05) is 6.92 Å². The summed E-state index contributed by atoms with van der Waals surface area (Å²) in [6, 6.07) is 3.37. The molecule has 3 N–H and O–H groups in total. The van der Waals surface area contributed by atoms with Crippen LogP contribution in [0.3, 0.4) is 0 Å². The number of furan rings is 1. The van der Waals surface area contributed by atoms with Crippen molar-refractivity contribution in [2.45, 2.75) is 26.3 Å². The Labute approximate surface area is 169 Å². The maximum atomic E-state index is 12.8. The van der Waals surface area contributed by atoms with Crippen LogP contribution >= 0.6 is 15.9 Å². The summed E-state index contributed by atoms with van der Waals surface area (Å²) >= 11 is 3.19. The summed E-state index contributed by atoms with van der Waals surface area (Å²) in [6.45, 7) is 2.58. The summed E-state index contributed by atoms with van der Waals surface area (Å²) in [5.41, 5.74) is 4.70. The Morgan fingerprint density at radius 2 is 2.18 bits per heavy atom. The molecule has 0 aliphatic rings. The fraction of sp³-hybridized carbons (Fsp3) is 0.389. The van der Waals surface area contributed by atoms with Crippen molar-refractivity contribution in [2.75, 3.05) is 30.9 Å². The smallest absolute Gasteiger partial charge is 0.330 e. The first-order valence-corrected chi connectivity index (χ1v) is 9.54. The maximum Gasteiger partial charge on any atom is 0.330 e. The highest BCUT2D eigenvalue weighted by Crippen LogP contribution is 2.19. The molecule has 0 aromatic carbocycles. The van der Waals surface area contributed by atoms with Crippen LogP contribution < -0.4 is 21.9 Å². The third-order valence-corrected chi connectivity index (χ3v) is 4.41. The number of nitrogens with two attached hydrogens (primary N) is 1. The Morgan fingerprint density at radius 1 is 1.43 bits per heavy atom. The molecule has 0 spiro atoms. The number of hydrogen-bond acceptors (Lipinski definition) is 6. The van der Waals surface area contributed by atoms with Crippen LogP contribution in [-0.2, 0) is 16.1 Å². The predicted octanol–water partition coefficient (Wildman–Crippen LogP) is 1.97. The van der Waals surface area contributed by atoms with Gasteiger partial charge < -0.3 is 14.9 Å². The molecule has 0 aliphatic heterocycles. The standard InChI is InChI=1S/C18H23BrN4O5/c1-3-4-9-23-16(20)15(17(25)21-18(23)26)22(10-11-27-2)14(24)8-6-12-5-7-13(19)28-12/h5-8H,3-4,9-11,20H2,1-2H3,(H,21,25,26). The van der Waals surface area contributed by atoms with Crippen molar-refractivity contribution in [2.24, 2.45) is 0 Å². The average Bonchev–Trinajstić information content (AvgIpc) is 3.07. The molecule has 0 bridgehead atoms. The van der Waals surface area contributed by atoms with E-state index >= 15 is 0 Å². The van der Waals surface area contributed by atoms with E-state index in [9.17, 15) is 14.4 Å². The van der Waals surface area contributed by atoms with Crippen LogP contribution in [0.25, 0.3) is 6.08 Å². The Hall–Kier alpha value is -2.59. The Kier molecular flexibility index (Phi) is 7.82. The van der Waals surface area contributed by atoms with Crippen molar-refractivity contribution in [1.82, 2.24) is 9.55 Å². The van der Waals surface area contributed by atoms with Crippen molar-refractivity contribution < 1.29 is 13.9 Å². The molecule has 0 saturated heterocycles. The first-order valence-electron chi connectivity index (χ1n) is 8.75. The van der Waals surface area contributed by atoms with Crippen LogP contribution in [0.2, 0.25) is 0 Å². The second kappa shape index (κ2) is 10.1. The van der Waals surface area contributed by atoms with Crippen LogP contribution in [0, 0.1) is 0 Å². The lowest BCUT2D eigenvalue weighted by Crippen LogP contribution is -2.42. The van der Waals surface area contributed by atoms with Crippen molar-refractivity contribution in [1.29, 1.82) is 0 Å². The zero-order valence-electron chi connectivity index (χ0n) is 15.7. The number of nitrogen functional groups attached to an aromatic ring is 1. The third-order valence-electron chi connectivity index (χ3n) is 3.99. The summed E-state index contributed by atoms with van der Waals surface area (Å²) in [5, 5.41) is 0. The van der Waals surface area contributed by atoms with Gasteiger partial charge in [0.25, 0.3) is 11.5 Å². The molecular weight excluding hydrogens is 432 g/mol. The second-order valence-electron chi connectivity index (χ2n) is 5.96. The minimum absolute atomic E-state index is 0.0548. The van der Waals surface area contributed by atoms with Gasteiger partial charge in [-0.15, -0.1) is 0 Å². The van der Waals surface area contributed by atoms with Crippen molar-refractivity contribution >= 4 is 39.4 Å². The van der Waals surface area contributed by atoms with Gasteiger partial charge in [-0.1, -0.05) is 13.3 Å². The van der Waals surface area contributed by atoms with E-state index in [2.05, 4.69) is 20.9 Å². The van der Waals surface area contributed by atoms with Crippen LogP contribution in [0.4, 0.5) is 11.5 Å². The number of nitrogens with one attached hydrogen (secondary N) is 1. The highest BCUT2D eigenvalue weighted by atomic mass is 79.9. The third kappa shape index (κ3) is 5.23. The molecule has 2 rings (SSSR count). The summed E-state index contributed by atoms with van der Waals surface area (Å²) in [6.07, 6.45) is 4.29. The lowest BCUT2D eigenvalue weighted by atomic mass is 10.3. The minimum atomic E-state index is -0.728. The van der Waals surface area contributed by atoms with E-state index < -0.39 is 17.2 Å². The molecule has 0 aliphatic carbocycles. The summed E-state index contributed by atoms with van der Waals surface area (Å²) in [4.78, 5) is 40.7. The van der Waals surface area contributed by atoms with Gasteiger partial charge in [0, 0.05) is 26.3 Å². The zero-order chi connectivity index (χ0) is 20.7. The molecule has 1 amide bonds. The molecule has 2 aromatic heterocycles. The van der Waals surface area contributed by atoms with Crippen LogP contribution in [0.5, 0.6) is 0 Å². The van der Waals surface area contributed by atoms with Gasteiger partial charge in [0.2, 0.25) is 0 Å². The van der Waals surface area contributed by atoms with Gasteiger partial charge in [0.1, 0.15) is 11.6 Å². The van der Waals surface area contributed by atoms with Crippen molar-refractivity contribution in [3.8, 4) is 0 Å². The molecule has 0 atom stereocenters. The molecule has 9 nitrogen and oxygen atoms in total. The van der Waals surface area contributed by atoms with E-state index in [0.29, 0.717) is 23.4 Å². The van der Waals surface area contributed by atoms with Gasteiger partial charge in [-0.25, -0.2) is 4.79 Å². The van der Waals surface area contributed by atoms with Crippen LogP contribution in [0.15, 0.2) is 36.9 Å². The minimum Gasteiger partial charge on any atom is -0.450 e. The highest BCUT2D eigenvalue weighted by molar-refractivity contribution is 9.10. The number of hydrogen-bond donors (Lipinski definition) is 2. The number of unbranched alkanes of at least 4 members (excludes halogenated alkanes) is 1. The van der Waals surface area contributed by atoms with Crippen LogP contribution in [-0.4, -0.2) is 35.7 Å². The monoisotopic (exact) mass is 454 g/mol. The summed E-state index contributed by atoms with van der Waals surface area (Å²) in [5.74, 6) is -0.0926. The fourth-order valence-corrected chi connectivity index (χ4v) is 2.87. The number of rotatable bonds is 9. The first-order chi connectivity index (χ1) is 13.4. The van der Waals surface area contributed by atoms with Gasteiger partial charge >= 0.3 is 5.69 Å². The van der Waals surface area contributed by atoms with Crippen molar-refractivity contribution in [3.63, 3.8) is 0 Å². The maximum absolute atomic E-state index is 12.8. The lowest BCUT2D eigenvalue weighted by molar-refractivity contribution is -0.114. The largest absolute Gasteiger partial charge is 0.450 e. The first kappa shape index (κ1) is 21.7. The van der Waals surface area contributed by atoms with Gasteiger partial charge in [-0.3, -0.25) is 24.0 Å². The fourth-order valence-electron chi connectivity index (χ4n) is 2.55. The van der Waals surface area contributed by atoms with E-state index in [1.54, 1.807) is 12.1 Å². The van der Waals surface area contributed by atoms with E-state index in [4.69, 9.17) is 14.9 Å². The normalized spacial score (nSPS) is 11.2. The number of carbonyl (C=O) groups is 1. The Morgan fingerprint density at radius 3 is 2.79 bits per heavy atom. The average molecular weight is 455 g/mol. The van der Waals surface area contributed by atoms with E-state index in [1.165, 1.54) is 28.7 Å². The van der Waals surface area contributed by atoms with Gasteiger partial charge in [0.05, 0.1) is 6.61 Å². The SMILES string of the molecule is CCCCn1c(N)c(N(CCOC)C(=O)C=Cc2ccc(Br)o2)c(=O)[nH]c1=O. The zero-order valence-corrected chi connectivity index (χ0v) is 17.3. The topological polar surface area (TPSA) is 124 Å². The van der Waals surface area contributed by atoms with E-state index in [0.717, 1.165) is 6.42 Å². The molecule has 0 saturated carbocycles. The Balaban J connectivity index is 2.44. The number of halogens is 1. The Bertz CT molecular complexity index is 960. The number of ether oxygens (including phenoxy) is 1. The number of anilines is 2. The molecule has 0 radical (unpaired) electrons. The van der Waals surface area contributed by atoms with Gasteiger partial charge in [-0.2, -0.15) is 0 Å². The van der Waals surface area contributed by atoms with E-state index in [-0.39, 0.29) is 24.7 Å². The number of nitrogens with zero attached hydrogens (tertiary/aromatic N) is 2. The number of H-pyrrole nitrogens is 1. The molecule has 0 unspecified atom stereocenters. The molecule has 2 aromatic rings. The lowest BCUT2D eigenvalue weighted by Gasteiger charge is -2.23.